The summed E-state index contributed by atoms with van der Waals surface area (Å²) in [5.74, 6) is 0.796. The van der Waals surface area contributed by atoms with Crippen LogP contribution in [-0.2, 0) is 6.54 Å². The van der Waals surface area contributed by atoms with Crippen LogP contribution in [-0.4, -0.2) is 9.97 Å². The molecule has 2 aromatic carbocycles. The average Bonchev–Trinajstić information content (AvgIpc) is 2.80. The Morgan fingerprint density at radius 1 is 1.03 bits per heavy atom. The molecular formula is C28H29Cl2N3. The van der Waals surface area contributed by atoms with E-state index in [4.69, 9.17) is 23.2 Å². The molecule has 1 aromatic heterocycles. The van der Waals surface area contributed by atoms with Gasteiger partial charge in [-0.2, -0.15) is 0 Å². The van der Waals surface area contributed by atoms with Crippen molar-refractivity contribution in [3.63, 3.8) is 0 Å². The number of hydrogen-bond donors (Lipinski definition) is 1. The fourth-order valence-corrected chi connectivity index (χ4v) is 3.90. The van der Waals surface area contributed by atoms with Crippen LogP contribution in [0.5, 0.6) is 0 Å². The Hall–Kier alpha value is -2.88. The standard InChI is InChI=1S/C28H29Cl2N3/c1-5-7-19(3)15-23(8-6-2)22-11-9-21(10-12-22)17-31-28-20(4)27(32-18-33-28)24-13-14-25(29)26(30)16-24/h6-16,18H,5,17H2,1-4H3,(H,31,32,33)/b8-6-,19-7+,23-15+. The highest BCUT2D eigenvalue weighted by molar-refractivity contribution is 6.42. The lowest BCUT2D eigenvalue weighted by atomic mass is 10.0. The number of benzene rings is 2. The number of aromatic nitrogens is 2. The zero-order valence-electron chi connectivity index (χ0n) is 19.5. The molecular weight excluding hydrogens is 449 g/mol. The molecule has 0 aliphatic carbocycles. The molecule has 5 heteroatoms. The highest BCUT2D eigenvalue weighted by atomic mass is 35.5. The third kappa shape index (κ3) is 6.56. The van der Waals surface area contributed by atoms with Crippen LogP contribution in [0.4, 0.5) is 5.82 Å². The summed E-state index contributed by atoms with van der Waals surface area (Å²) in [7, 11) is 0. The summed E-state index contributed by atoms with van der Waals surface area (Å²) in [5.41, 5.74) is 7.55. The fourth-order valence-electron chi connectivity index (χ4n) is 3.60. The molecule has 0 fully saturated rings. The van der Waals surface area contributed by atoms with E-state index in [-0.39, 0.29) is 0 Å². The molecule has 33 heavy (non-hydrogen) atoms. The number of nitrogens with one attached hydrogen (secondary N) is 1. The van der Waals surface area contributed by atoms with E-state index in [0.29, 0.717) is 16.6 Å². The van der Waals surface area contributed by atoms with E-state index in [2.05, 4.69) is 77.7 Å². The molecule has 1 heterocycles. The van der Waals surface area contributed by atoms with Crippen molar-refractivity contribution in [2.75, 3.05) is 5.32 Å². The van der Waals surface area contributed by atoms with Gasteiger partial charge < -0.3 is 5.32 Å². The Morgan fingerprint density at radius 3 is 2.45 bits per heavy atom. The maximum Gasteiger partial charge on any atom is 0.133 e. The van der Waals surface area contributed by atoms with E-state index in [0.717, 1.165) is 29.1 Å². The Bertz CT molecular complexity index is 1190. The van der Waals surface area contributed by atoms with E-state index < -0.39 is 0 Å². The highest BCUT2D eigenvalue weighted by Crippen LogP contribution is 2.30. The number of allylic oxidation sites excluding steroid dienone is 6. The predicted molar refractivity (Wildman–Crippen MR) is 143 cm³/mol. The zero-order chi connectivity index (χ0) is 23.8. The van der Waals surface area contributed by atoms with Crippen molar-refractivity contribution >= 4 is 34.6 Å². The molecule has 0 bridgehead atoms. The molecule has 0 atom stereocenters. The Labute approximate surface area is 206 Å². The molecule has 3 nitrogen and oxygen atoms in total. The van der Waals surface area contributed by atoms with Gasteiger partial charge in [-0.05, 0) is 56.0 Å². The number of halogens is 2. The second-order valence-corrected chi connectivity index (χ2v) is 8.65. The zero-order valence-corrected chi connectivity index (χ0v) is 21.0. The minimum atomic E-state index is 0.508. The summed E-state index contributed by atoms with van der Waals surface area (Å²) in [6.45, 7) is 9.00. The summed E-state index contributed by atoms with van der Waals surface area (Å²) >= 11 is 12.2. The third-order valence-corrected chi connectivity index (χ3v) is 6.02. The van der Waals surface area contributed by atoms with Gasteiger partial charge in [0.15, 0.2) is 0 Å². The first-order valence-corrected chi connectivity index (χ1v) is 11.8. The highest BCUT2D eigenvalue weighted by Gasteiger charge is 2.11. The summed E-state index contributed by atoms with van der Waals surface area (Å²) < 4.78 is 0. The van der Waals surface area contributed by atoms with E-state index in [1.807, 2.05) is 26.0 Å². The first kappa shape index (κ1) is 24.8. The first-order chi connectivity index (χ1) is 15.9. The molecule has 0 amide bonds. The van der Waals surface area contributed by atoms with Gasteiger partial charge in [0, 0.05) is 17.7 Å². The molecule has 3 rings (SSSR count). The Balaban J connectivity index is 1.76. The molecule has 3 aromatic rings. The van der Waals surface area contributed by atoms with Gasteiger partial charge in [-0.1, -0.05) is 90.3 Å². The van der Waals surface area contributed by atoms with Crippen molar-refractivity contribution in [3.8, 4) is 11.3 Å². The molecule has 1 N–H and O–H groups in total. The van der Waals surface area contributed by atoms with E-state index in [9.17, 15) is 0 Å². The normalized spacial score (nSPS) is 12.4. The molecule has 0 saturated carbocycles. The van der Waals surface area contributed by atoms with Gasteiger partial charge in [0.2, 0.25) is 0 Å². The van der Waals surface area contributed by atoms with Crippen LogP contribution >= 0.6 is 23.2 Å². The monoisotopic (exact) mass is 477 g/mol. The van der Waals surface area contributed by atoms with Crippen molar-refractivity contribution in [2.24, 2.45) is 0 Å². The molecule has 0 aliphatic heterocycles. The van der Waals surface area contributed by atoms with Crippen LogP contribution < -0.4 is 5.32 Å². The van der Waals surface area contributed by atoms with Crippen molar-refractivity contribution in [1.29, 1.82) is 0 Å². The maximum atomic E-state index is 6.19. The molecule has 170 valence electrons. The minimum absolute atomic E-state index is 0.508. The summed E-state index contributed by atoms with van der Waals surface area (Å²) in [4.78, 5) is 8.88. The quantitative estimate of drug-likeness (QED) is 0.329. The molecule has 0 unspecified atom stereocenters. The number of nitrogens with zero attached hydrogens (tertiary/aromatic N) is 2. The van der Waals surface area contributed by atoms with E-state index in [1.54, 1.807) is 12.4 Å². The summed E-state index contributed by atoms with van der Waals surface area (Å²) in [5, 5.41) is 4.47. The number of rotatable bonds is 8. The van der Waals surface area contributed by atoms with Crippen LogP contribution in [0.2, 0.25) is 10.0 Å². The van der Waals surface area contributed by atoms with Gasteiger partial charge in [0.05, 0.1) is 15.7 Å². The van der Waals surface area contributed by atoms with Crippen LogP contribution in [0.3, 0.4) is 0 Å². The van der Waals surface area contributed by atoms with Crippen LogP contribution in [0.25, 0.3) is 16.8 Å². The molecule has 0 saturated heterocycles. The maximum absolute atomic E-state index is 6.19. The van der Waals surface area contributed by atoms with Crippen LogP contribution in [0, 0.1) is 6.92 Å². The van der Waals surface area contributed by atoms with E-state index >= 15 is 0 Å². The van der Waals surface area contributed by atoms with Gasteiger partial charge in [-0.3, -0.25) is 0 Å². The predicted octanol–water partition coefficient (Wildman–Crippen LogP) is 8.69. The number of hydrogen-bond acceptors (Lipinski definition) is 3. The largest absolute Gasteiger partial charge is 0.366 e. The van der Waals surface area contributed by atoms with E-state index in [1.165, 1.54) is 22.3 Å². The van der Waals surface area contributed by atoms with Crippen molar-refractivity contribution in [3.05, 3.63) is 105 Å². The van der Waals surface area contributed by atoms with Gasteiger partial charge in [0.1, 0.15) is 12.1 Å². The topological polar surface area (TPSA) is 37.8 Å². The minimum Gasteiger partial charge on any atom is -0.366 e. The number of anilines is 1. The second-order valence-electron chi connectivity index (χ2n) is 7.83. The SMILES string of the molecule is C\C=C/C(=C\C(C)=C\CC)c1ccc(CNc2ncnc(-c3ccc(Cl)c(Cl)c3)c2C)cc1. The fraction of sp³-hybridized carbons (Fsp3) is 0.214. The molecule has 0 aliphatic rings. The van der Waals surface area contributed by atoms with Crippen molar-refractivity contribution < 1.29 is 0 Å². The van der Waals surface area contributed by atoms with Gasteiger partial charge >= 0.3 is 0 Å². The lowest BCUT2D eigenvalue weighted by Gasteiger charge is -2.13. The molecule has 0 radical (unpaired) electrons. The molecule has 0 spiro atoms. The van der Waals surface area contributed by atoms with Gasteiger partial charge in [0.25, 0.3) is 0 Å². The second kappa shape index (κ2) is 11.8. The average molecular weight is 478 g/mol. The first-order valence-electron chi connectivity index (χ1n) is 11.0. The Morgan fingerprint density at radius 2 is 1.79 bits per heavy atom. The van der Waals surface area contributed by atoms with Crippen LogP contribution in [0.15, 0.2) is 78.7 Å². The summed E-state index contributed by atoms with van der Waals surface area (Å²) in [6.07, 6.45) is 11.3. The lowest BCUT2D eigenvalue weighted by Crippen LogP contribution is -2.05. The van der Waals surface area contributed by atoms with Crippen molar-refractivity contribution in [1.82, 2.24) is 9.97 Å². The van der Waals surface area contributed by atoms with Crippen LogP contribution in [0.1, 0.15) is 43.9 Å². The Kier molecular flexibility index (Phi) is 8.87. The van der Waals surface area contributed by atoms with Gasteiger partial charge in [-0.25, -0.2) is 9.97 Å². The smallest absolute Gasteiger partial charge is 0.133 e. The van der Waals surface area contributed by atoms with Gasteiger partial charge in [-0.15, -0.1) is 0 Å². The van der Waals surface area contributed by atoms with Crippen molar-refractivity contribution in [2.45, 2.75) is 40.7 Å². The lowest BCUT2D eigenvalue weighted by molar-refractivity contribution is 1.06. The summed E-state index contributed by atoms with van der Waals surface area (Å²) in [6, 6.07) is 14.1. The third-order valence-electron chi connectivity index (χ3n) is 5.28.